The van der Waals surface area contributed by atoms with Gasteiger partial charge in [0, 0.05) is 38.8 Å². The molecule has 29 heavy (non-hydrogen) atoms. The number of fused-ring (bicyclic) bond motifs is 4. The fourth-order valence-electron chi connectivity index (χ4n) is 5.40. The van der Waals surface area contributed by atoms with E-state index in [0.717, 1.165) is 39.0 Å². The van der Waals surface area contributed by atoms with Gasteiger partial charge >= 0.3 is 0 Å². The number of nitrogens with zero attached hydrogens (tertiary/aromatic N) is 2. The zero-order valence-electron chi connectivity index (χ0n) is 16.7. The third-order valence-electron chi connectivity index (χ3n) is 6.99. The van der Waals surface area contributed by atoms with Crippen molar-refractivity contribution in [2.75, 3.05) is 32.7 Å². The van der Waals surface area contributed by atoms with Crippen LogP contribution in [0.5, 0.6) is 0 Å². The number of hydrogen-bond acceptors (Lipinski definition) is 5. The first-order valence-corrected chi connectivity index (χ1v) is 13.0. The molecule has 7 heteroatoms. The predicted octanol–water partition coefficient (Wildman–Crippen LogP) is 2.80. The van der Waals surface area contributed by atoms with Crippen molar-refractivity contribution < 1.29 is 8.42 Å². The summed E-state index contributed by atoms with van der Waals surface area (Å²) in [6.45, 7) is 6.14. The summed E-state index contributed by atoms with van der Waals surface area (Å²) in [5, 5.41) is 1.81. The SMILES string of the molecule is O=S(=O)(NCC1CC2CCN1CC2CN1CCc2ccccc2C1)c1cccs1. The van der Waals surface area contributed by atoms with Crippen molar-refractivity contribution >= 4 is 21.4 Å². The molecule has 6 rings (SSSR count). The molecular weight excluding hydrogens is 402 g/mol. The Balaban J connectivity index is 1.17. The number of nitrogens with one attached hydrogen (secondary N) is 1. The second-order valence-electron chi connectivity index (χ2n) is 8.73. The molecule has 1 N–H and O–H groups in total. The second-order valence-corrected chi connectivity index (χ2v) is 11.7. The minimum absolute atomic E-state index is 0.335. The summed E-state index contributed by atoms with van der Waals surface area (Å²) in [5.41, 5.74) is 3.00. The first-order chi connectivity index (χ1) is 14.1. The average molecular weight is 432 g/mol. The van der Waals surface area contributed by atoms with E-state index in [1.165, 1.54) is 35.4 Å². The molecule has 3 fully saturated rings. The summed E-state index contributed by atoms with van der Waals surface area (Å²) in [6, 6.07) is 12.6. The highest BCUT2D eigenvalue weighted by molar-refractivity contribution is 7.91. The Kier molecular flexibility index (Phi) is 5.51. The lowest BCUT2D eigenvalue weighted by Crippen LogP contribution is -2.58. The number of sulfonamides is 1. The molecule has 4 aliphatic rings. The van der Waals surface area contributed by atoms with Gasteiger partial charge in [0.15, 0.2) is 0 Å². The molecule has 1 aromatic carbocycles. The Morgan fingerprint density at radius 2 is 1.97 bits per heavy atom. The van der Waals surface area contributed by atoms with E-state index in [1.807, 2.05) is 5.38 Å². The Morgan fingerprint density at radius 1 is 1.10 bits per heavy atom. The average Bonchev–Trinajstić information content (AvgIpc) is 3.29. The fourth-order valence-corrected chi connectivity index (χ4v) is 7.51. The molecule has 4 aliphatic heterocycles. The van der Waals surface area contributed by atoms with Crippen molar-refractivity contribution in [1.82, 2.24) is 14.5 Å². The molecule has 5 heterocycles. The highest BCUT2D eigenvalue weighted by Gasteiger charge is 2.41. The molecule has 5 nitrogen and oxygen atoms in total. The van der Waals surface area contributed by atoms with Gasteiger partial charge in [-0.15, -0.1) is 11.3 Å². The molecule has 2 aromatic rings. The molecular formula is C22H29N3O2S2. The standard InChI is InChI=1S/C22H29N3O2S2/c26-29(27,22-6-3-11-28-22)23-13-21-12-18-8-10-25(21)16-20(18)15-24-9-7-17-4-1-2-5-19(17)14-24/h1-6,11,18,20-21,23H,7-10,12-16H2. The van der Waals surface area contributed by atoms with Gasteiger partial charge in [-0.25, -0.2) is 13.1 Å². The van der Waals surface area contributed by atoms with Crippen LogP contribution in [0.3, 0.4) is 0 Å². The Labute approximate surface area is 177 Å². The van der Waals surface area contributed by atoms with Gasteiger partial charge < -0.3 is 0 Å². The Hall–Kier alpha value is -1.25. The molecule has 0 radical (unpaired) electrons. The van der Waals surface area contributed by atoms with E-state index >= 15 is 0 Å². The van der Waals surface area contributed by atoms with Crippen molar-refractivity contribution in [3.8, 4) is 0 Å². The summed E-state index contributed by atoms with van der Waals surface area (Å²) >= 11 is 1.28. The summed E-state index contributed by atoms with van der Waals surface area (Å²) < 4.78 is 28.2. The lowest BCUT2D eigenvalue weighted by Gasteiger charge is -2.51. The number of hydrogen-bond donors (Lipinski definition) is 1. The van der Waals surface area contributed by atoms with Gasteiger partial charge in [0.05, 0.1) is 0 Å². The van der Waals surface area contributed by atoms with E-state index < -0.39 is 10.0 Å². The maximum atomic E-state index is 12.4. The maximum absolute atomic E-state index is 12.4. The minimum Gasteiger partial charge on any atom is -0.299 e. The van der Waals surface area contributed by atoms with Gasteiger partial charge in [-0.3, -0.25) is 9.80 Å². The van der Waals surface area contributed by atoms with Gasteiger partial charge in [-0.2, -0.15) is 0 Å². The topological polar surface area (TPSA) is 52.7 Å². The normalized spacial score (nSPS) is 29.7. The third-order valence-corrected chi connectivity index (χ3v) is 9.81. The van der Waals surface area contributed by atoms with Crippen LogP contribution in [0.25, 0.3) is 0 Å². The summed E-state index contributed by atoms with van der Waals surface area (Å²) in [7, 11) is -3.36. The quantitative estimate of drug-likeness (QED) is 0.764. The molecule has 2 bridgehead atoms. The van der Waals surface area contributed by atoms with Gasteiger partial charge in [-0.1, -0.05) is 30.3 Å². The lowest BCUT2D eigenvalue weighted by atomic mass is 9.75. The van der Waals surface area contributed by atoms with E-state index in [2.05, 4.69) is 38.8 Å². The van der Waals surface area contributed by atoms with E-state index in [9.17, 15) is 8.42 Å². The monoisotopic (exact) mass is 431 g/mol. The summed E-state index contributed by atoms with van der Waals surface area (Å²) in [6.07, 6.45) is 3.52. The second kappa shape index (κ2) is 8.12. The number of rotatable bonds is 6. The Morgan fingerprint density at radius 3 is 2.72 bits per heavy atom. The number of piperidine rings is 3. The van der Waals surface area contributed by atoms with Crippen molar-refractivity contribution in [3.63, 3.8) is 0 Å². The van der Waals surface area contributed by atoms with Crippen LogP contribution in [0.1, 0.15) is 24.0 Å². The van der Waals surface area contributed by atoms with Crippen molar-refractivity contribution in [1.29, 1.82) is 0 Å². The van der Waals surface area contributed by atoms with Crippen molar-refractivity contribution in [3.05, 3.63) is 52.9 Å². The number of thiophene rings is 1. The molecule has 0 aliphatic carbocycles. The van der Waals surface area contributed by atoms with E-state index in [1.54, 1.807) is 12.1 Å². The van der Waals surface area contributed by atoms with Crippen LogP contribution in [-0.4, -0.2) is 57.0 Å². The van der Waals surface area contributed by atoms with E-state index in [4.69, 9.17) is 0 Å². The van der Waals surface area contributed by atoms with Crippen molar-refractivity contribution in [2.45, 2.75) is 36.1 Å². The molecule has 0 spiro atoms. The van der Waals surface area contributed by atoms with Crippen LogP contribution in [0.4, 0.5) is 0 Å². The zero-order valence-corrected chi connectivity index (χ0v) is 18.3. The zero-order chi connectivity index (χ0) is 19.8. The third kappa shape index (κ3) is 4.16. The van der Waals surface area contributed by atoms with Crippen LogP contribution in [-0.2, 0) is 23.0 Å². The maximum Gasteiger partial charge on any atom is 0.250 e. The first-order valence-electron chi connectivity index (χ1n) is 10.6. The van der Waals surface area contributed by atoms with Gasteiger partial charge in [0.2, 0.25) is 10.0 Å². The van der Waals surface area contributed by atoms with E-state index in [0.29, 0.717) is 28.6 Å². The van der Waals surface area contributed by atoms with Gasteiger partial charge in [0.1, 0.15) is 4.21 Å². The predicted molar refractivity (Wildman–Crippen MR) is 117 cm³/mol. The highest BCUT2D eigenvalue weighted by atomic mass is 32.2. The summed E-state index contributed by atoms with van der Waals surface area (Å²) in [4.78, 5) is 5.16. The molecule has 1 aromatic heterocycles. The van der Waals surface area contributed by atoms with Crippen LogP contribution < -0.4 is 4.72 Å². The molecule has 0 saturated carbocycles. The van der Waals surface area contributed by atoms with Gasteiger partial charge in [-0.05, 0) is 60.2 Å². The van der Waals surface area contributed by atoms with Crippen molar-refractivity contribution in [2.24, 2.45) is 11.8 Å². The smallest absolute Gasteiger partial charge is 0.250 e. The molecule has 4 unspecified atom stereocenters. The molecule has 156 valence electrons. The van der Waals surface area contributed by atoms with E-state index in [-0.39, 0.29) is 0 Å². The molecule has 4 atom stereocenters. The first kappa shape index (κ1) is 19.7. The van der Waals surface area contributed by atoms with Crippen LogP contribution in [0.15, 0.2) is 46.0 Å². The van der Waals surface area contributed by atoms with Crippen LogP contribution in [0.2, 0.25) is 0 Å². The van der Waals surface area contributed by atoms with Crippen LogP contribution >= 0.6 is 11.3 Å². The fraction of sp³-hybridized carbons (Fsp3) is 0.545. The molecule has 0 amide bonds. The number of benzene rings is 1. The van der Waals surface area contributed by atoms with Gasteiger partial charge in [0.25, 0.3) is 0 Å². The largest absolute Gasteiger partial charge is 0.299 e. The lowest BCUT2D eigenvalue weighted by molar-refractivity contribution is -0.0118. The summed E-state index contributed by atoms with van der Waals surface area (Å²) in [5.74, 6) is 1.42. The van der Waals surface area contributed by atoms with Crippen LogP contribution in [0, 0.1) is 11.8 Å². The molecule has 3 saturated heterocycles. The minimum atomic E-state index is -3.36. The Bertz CT molecular complexity index is 945. The highest BCUT2D eigenvalue weighted by Crippen LogP contribution is 2.37.